The van der Waals surface area contributed by atoms with Crippen molar-refractivity contribution in [3.63, 3.8) is 0 Å². The molecule has 5 nitrogen and oxygen atoms in total. The van der Waals surface area contributed by atoms with E-state index in [1.165, 1.54) is 12.8 Å². The van der Waals surface area contributed by atoms with Gasteiger partial charge >= 0.3 is 0 Å². The summed E-state index contributed by atoms with van der Waals surface area (Å²) < 4.78 is 0. The Hall–Kier alpha value is -0.460. The van der Waals surface area contributed by atoms with Gasteiger partial charge in [-0.2, -0.15) is 0 Å². The van der Waals surface area contributed by atoms with Crippen molar-refractivity contribution < 1.29 is 9.59 Å². The molecule has 0 aliphatic carbocycles. The minimum Gasteiger partial charge on any atom is -0.354 e. The van der Waals surface area contributed by atoms with Crippen LogP contribution in [0.1, 0.15) is 39.0 Å². The summed E-state index contributed by atoms with van der Waals surface area (Å²) in [5.74, 6) is 1.58. The Kier molecular flexibility index (Phi) is 6.02. The van der Waals surface area contributed by atoms with Crippen LogP contribution in [0.2, 0.25) is 0 Å². The van der Waals surface area contributed by atoms with Gasteiger partial charge in [0, 0.05) is 18.7 Å². The second kappa shape index (κ2) is 7.41. The Labute approximate surface area is 142 Å². The van der Waals surface area contributed by atoms with E-state index in [4.69, 9.17) is 0 Å². The quantitative estimate of drug-likeness (QED) is 0.806. The molecule has 126 valence electrons. The van der Waals surface area contributed by atoms with E-state index in [9.17, 15) is 9.59 Å². The molecule has 22 heavy (non-hydrogen) atoms. The molecule has 3 saturated heterocycles. The molecule has 3 rings (SSSR count). The first-order valence-corrected chi connectivity index (χ1v) is 9.03. The third-order valence-corrected chi connectivity index (χ3v) is 6.50. The van der Waals surface area contributed by atoms with Gasteiger partial charge < -0.3 is 15.5 Å². The maximum Gasteiger partial charge on any atom is 0.243 e. The molecule has 2 N–H and O–H groups in total. The average molecular weight is 348 g/mol. The SMILES string of the molecule is CC12CCC(=O)N1C(C(=O)NCCC1CCCNC1)CS2.Cl. The maximum absolute atomic E-state index is 12.4. The smallest absolute Gasteiger partial charge is 0.243 e. The lowest BCUT2D eigenvalue weighted by Crippen LogP contribution is -2.50. The molecule has 0 aromatic heterocycles. The average Bonchev–Trinajstić information content (AvgIpc) is 2.97. The van der Waals surface area contributed by atoms with Crippen LogP contribution in [0.25, 0.3) is 0 Å². The molecule has 7 heteroatoms. The Morgan fingerprint density at radius 3 is 3.09 bits per heavy atom. The lowest BCUT2D eigenvalue weighted by atomic mass is 9.96. The van der Waals surface area contributed by atoms with Gasteiger partial charge in [0.2, 0.25) is 11.8 Å². The van der Waals surface area contributed by atoms with Crippen LogP contribution >= 0.6 is 24.2 Å². The van der Waals surface area contributed by atoms with Gasteiger partial charge in [-0.15, -0.1) is 24.2 Å². The number of rotatable bonds is 4. The van der Waals surface area contributed by atoms with Crippen LogP contribution < -0.4 is 10.6 Å². The third-order valence-electron chi connectivity index (χ3n) is 5.00. The van der Waals surface area contributed by atoms with E-state index < -0.39 is 0 Å². The van der Waals surface area contributed by atoms with Crippen molar-refractivity contribution in [1.82, 2.24) is 15.5 Å². The van der Waals surface area contributed by atoms with Crippen LogP contribution in [0.5, 0.6) is 0 Å². The van der Waals surface area contributed by atoms with E-state index in [1.54, 1.807) is 11.8 Å². The van der Waals surface area contributed by atoms with Crippen LogP contribution in [0.15, 0.2) is 0 Å². The van der Waals surface area contributed by atoms with Crippen LogP contribution in [0.4, 0.5) is 0 Å². The summed E-state index contributed by atoms with van der Waals surface area (Å²) in [7, 11) is 0. The molecule has 3 atom stereocenters. The van der Waals surface area contributed by atoms with Crippen molar-refractivity contribution in [2.24, 2.45) is 5.92 Å². The van der Waals surface area contributed by atoms with Gasteiger partial charge in [-0.05, 0) is 51.6 Å². The fourth-order valence-corrected chi connectivity index (χ4v) is 5.13. The number of hydrogen-bond donors (Lipinski definition) is 2. The van der Waals surface area contributed by atoms with Crippen molar-refractivity contribution in [3.05, 3.63) is 0 Å². The maximum atomic E-state index is 12.4. The predicted molar refractivity (Wildman–Crippen MR) is 91.2 cm³/mol. The summed E-state index contributed by atoms with van der Waals surface area (Å²) in [6, 6.07) is -0.264. The zero-order chi connectivity index (χ0) is 14.9. The summed E-state index contributed by atoms with van der Waals surface area (Å²) in [4.78, 5) is 26.1. The Morgan fingerprint density at radius 1 is 1.55 bits per heavy atom. The molecule has 0 saturated carbocycles. The predicted octanol–water partition coefficient (Wildman–Crippen LogP) is 1.37. The van der Waals surface area contributed by atoms with Crippen LogP contribution in [-0.4, -0.2) is 53.0 Å². The first kappa shape index (κ1) is 17.9. The van der Waals surface area contributed by atoms with Gasteiger partial charge in [0.05, 0.1) is 4.87 Å². The highest BCUT2D eigenvalue weighted by Gasteiger charge is 2.52. The van der Waals surface area contributed by atoms with Gasteiger partial charge in [0.25, 0.3) is 0 Å². The molecule has 0 aromatic rings. The van der Waals surface area contributed by atoms with Gasteiger partial charge in [0.1, 0.15) is 6.04 Å². The number of fused-ring (bicyclic) bond motifs is 1. The second-order valence-corrected chi connectivity index (χ2v) is 8.06. The molecule has 3 aliphatic rings. The number of hydrogen-bond acceptors (Lipinski definition) is 4. The lowest BCUT2D eigenvalue weighted by molar-refractivity contribution is -0.137. The summed E-state index contributed by atoms with van der Waals surface area (Å²) >= 11 is 1.75. The number of carbonyl (C=O) groups excluding carboxylic acids is 2. The highest BCUT2D eigenvalue weighted by molar-refractivity contribution is 8.01. The fourth-order valence-electron chi connectivity index (χ4n) is 3.70. The number of piperidine rings is 1. The fraction of sp³-hybridized carbons (Fsp3) is 0.867. The molecule has 0 radical (unpaired) electrons. The lowest BCUT2D eigenvalue weighted by Gasteiger charge is -2.30. The first-order chi connectivity index (χ1) is 10.1. The highest BCUT2D eigenvalue weighted by Crippen LogP contribution is 2.47. The van der Waals surface area contributed by atoms with Gasteiger partial charge in [0.15, 0.2) is 0 Å². The Bertz CT molecular complexity index is 431. The van der Waals surface area contributed by atoms with Gasteiger partial charge in [-0.25, -0.2) is 0 Å². The van der Waals surface area contributed by atoms with E-state index in [1.807, 2.05) is 4.90 Å². The van der Waals surface area contributed by atoms with Crippen molar-refractivity contribution in [2.75, 3.05) is 25.4 Å². The van der Waals surface area contributed by atoms with E-state index in [-0.39, 0.29) is 35.1 Å². The molecule has 3 unspecified atom stereocenters. The largest absolute Gasteiger partial charge is 0.354 e. The summed E-state index contributed by atoms with van der Waals surface area (Å²) in [5.41, 5.74) is 0. The van der Waals surface area contributed by atoms with Crippen LogP contribution in [0.3, 0.4) is 0 Å². The molecule has 0 bridgehead atoms. The summed E-state index contributed by atoms with van der Waals surface area (Å²) in [6.45, 7) is 5.00. The van der Waals surface area contributed by atoms with Gasteiger partial charge in [-0.3, -0.25) is 9.59 Å². The van der Waals surface area contributed by atoms with Gasteiger partial charge in [-0.1, -0.05) is 0 Å². The van der Waals surface area contributed by atoms with Crippen LogP contribution in [0, 0.1) is 5.92 Å². The summed E-state index contributed by atoms with van der Waals surface area (Å²) in [5, 5.41) is 6.45. The van der Waals surface area contributed by atoms with Crippen molar-refractivity contribution >= 4 is 36.0 Å². The zero-order valence-electron chi connectivity index (χ0n) is 13.1. The molecule has 2 amide bonds. The number of nitrogens with zero attached hydrogens (tertiary/aromatic N) is 1. The first-order valence-electron chi connectivity index (χ1n) is 8.05. The Balaban J connectivity index is 0.00000176. The monoisotopic (exact) mass is 347 g/mol. The number of carbonyl (C=O) groups is 2. The molecular formula is C15H26ClN3O2S. The standard InChI is InChI=1S/C15H25N3O2S.ClH/c1-15-6-4-13(19)18(15)12(10-21-15)14(20)17-8-5-11-3-2-7-16-9-11;/h11-12,16H,2-10H2,1H3,(H,17,20);1H. The van der Waals surface area contributed by atoms with E-state index in [0.717, 1.165) is 38.2 Å². The number of nitrogens with one attached hydrogen (secondary N) is 2. The number of thioether (sulfide) groups is 1. The molecule has 0 spiro atoms. The van der Waals surface area contributed by atoms with Crippen LogP contribution in [-0.2, 0) is 9.59 Å². The Morgan fingerprint density at radius 2 is 2.36 bits per heavy atom. The molecule has 3 aliphatic heterocycles. The van der Waals surface area contributed by atoms with E-state index in [0.29, 0.717) is 12.3 Å². The summed E-state index contributed by atoms with van der Waals surface area (Å²) in [6.07, 6.45) is 4.97. The second-order valence-electron chi connectivity index (χ2n) is 6.56. The molecule has 3 heterocycles. The van der Waals surface area contributed by atoms with E-state index >= 15 is 0 Å². The normalized spacial score (nSPS) is 34.2. The number of halogens is 1. The number of amides is 2. The third kappa shape index (κ3) is 3.54. The van der Waals surface area contributed by atoms with E-state index in [2.05, 4.69) is 17.6 Å². The highest BCUT2D eigenvalue weighted by atomic mass is 35.5. The minimum atomic E-state index is -0.264. The molecular weight excluding hydrogens is 322 g/mol. The molecule has 0 aromatic carbocycles. The van der Waals surface area contributed by atoms with Crippen molar-refractivity contribution in [1.29, 1.82) is 0 Å². The van der Waals surface area contributed by atoms with Crippen molar-refractivity contribution in [3.8, 4) is 0 Å². The molecule has 3 fully saturated rings. The minimum absolute atomic E-state index is 0. The van der Waals surface area contributed by atoms with Crippen molar-refractivity contribution in [2.45, 2.75) is 49.9 Å². The topological polar surface area (TPSA) is 61.4 Å². The zero-order valence-corrected chi connectivity index (χ0v) is 14.7.